The lowest BCUT2D eigenvalue weighted by molar-refractivity contribution is -0.134. The molecular weight excluding hydrogens is 492 g/mol. The molecule has 2 heterocycles. The Bertz CT molecular complexity index is 1300. The van der Waals surface area contributed by atoms with E-state index < -0.39 is 0 Å². The highest BCUT2D eigenvalue weighted by Crippen LogP contribution is 2.39. The van der Waals surface area contributed by atoms with E-state index in [2.05, 4.69) is 34.1 Å². The van der Waals surface area contributed by atoms with Gasteiger partial charge in [0.1, 0.15) is 17.2 Å². The Labute approximate surface area is 230 Å². The average molecular weight is 529 g/mol. The summed E-state index contributed by atoms with van der Waals surface area (Å²) in [6.45, 7) is 4.79. The maximum absolute atomic E-state index is 13.8. The minimum absolute atomic E-state index is 0.0232. The molecule has 0 aromatic heterocycles. The number of hydrogen-bond acceptors (Lipinski definition) is 7. The van der Waals surface area contributed by atoms with Crippen molar-refractivity contribution in [2.75, 3.05) is 54.1 Å². The Morgan fingerprint density at radius 3 is 2.23 bits per heavy atom. The predicted molar refractivity (Wildman–Crippen MR) is 151 cm³/mol. The van der Waals surface area contributed by atoms with Crippen LogP contribution >= 0.6 is 0 Å². The van der Waals surface area contributed by atoms with E-state index in [0.29, 0.717) is 24.5 Å². The van der Waals surface area contributed by atoms with Crippen molar-refractivity contribution >= 4 is 11.6 Å². The zero-order valence-corrected chi connectivity index (χ0v) is 22.9. The van der Waals surface area contributed by atoms with Crippen molar-refractivity contribution in [3.63, 3.8) is 0 Å². The van der Waals surface area contributed by atoms with Crippen LogP contribution in [0, 0.1) is 0 Å². The second kappa shape index (κ2) is 12.3. The van der Waals surface area contributed by atoms with Crippen molar-refractivity contribution in [1.82, 2.24) is 14.8 Å². The highest BCUT2D eigenvalue weighted by Gasteiger charge is 2.36. The zero-order chi connectivity index (χ0) is 27.2. The molecule has 0 saturated carbocycles. The Kier molecular flexibility index (Phi) is 8.44. The molecule has 0 aliphatic carbocycles. The van der Waals surface area contributed by atoms with Crippen molar-refractivity contribution < 1.29 is 19.0 Å². The van der Waals surface area contributed by atoms with Crippen LogP contribution in [-0.2, 0) is 11.3 Å². The molecule has 39 heavy (non-hydrogen) atoms. The smallest absolute Gasteiger partial charge is 0.257 e. The van der Waals surface area contributed by atoms with E-state index in [1.807, 2.05) is 48.5 Å². The number of ether oxygens (including phenoxy) is 3. The van der Waals surface area contributed by atoms with Gasteiger partial charge in [0, 0.05) is 56.3 Å². The van der Waals surface area contributed by atoms with Gasteiger partial charge in [0.15, 0.2) is 0 Å². The summed E-state index contributed by atoms with van der Waals surface area (Å²) in [5.74, 6) is 2.09. The first-order chi connectivity index (χ1) is 19.1. The monoisotopic (exact) mass is 528 g/mol. The van der Waals surface area contributed by atoms with Crippen LogP contribution in [0.2, 0.25) is 0 Å². The Morgan fingerprint density at radius 2 is 1.51 bits per heavy atom. The summed E-state index contributed by atoms with van der Waals surface area (Å²) in [7, 11) is 4.91. The van der Waals surface area contributed by atoms with Gasteiger partial charge in [-0.25, -0.2) is 5.01 Å². The molecule has 0 bridgehead atoms. The van der Waals surface area contributed by atoms with Crippen LogP contribution in [-0.4, -0.2) is 80.5 Å². The van der Waals surface area contributed by atoms with Crippen LogP contribution in [0.5, 0.6) is 17.2 Å². The first-order valence-corrected chi connectivity index (χ1v) is 13.3. The van der Waals surface area contributed by atoms with Crippen molar-refractivity contribution in [1.29, 1.82) is 0 Å². The first-order valence-electron chi connectivity index (χ1n) is 13.3. The maximum Gasteiger partial charge on any atom is 0.257 e. The second-order valence-corrected chi connectivity index (χ2v) is 9.85. The van der Waals surface area contributed by atoms with Crippen molar-refractivity contribution in [3.05, 3.63) is 89.5 Å². The fourth-order valence-electron chi connectivity index (χ4n) is 5.33. The quantitative estimate of drug-likeness (QED) is 0.415. The van der Waals surface area contributed by atoms with Gasteiger partial charge in [-0.2, -0.15) is 5.10 Å². The van der Waals surface area contributed by atoms with E-state index in [1.54, 1.807) is 26.3 Å². The number of para-hydroxylation sites is 1. The van der Waals surface area contributed by atoms with E-state index in [-0.39, 0.29) is 11.9 Å². The summed E-state index contributed by atoms with van der Waals surface area (Å²) >= 11 is 0. The molecule has 1 amide bonds. The molecule has 3 aromatic rings. The van der Waals surface area contributed by atoms with Gasteiger partial charge < -0.3 is 14.2 Å². The van der Waals surface area contributed by atoms with Gasteiger partial charge in [-0.05, 0) is 23.8 Å². The SMILES string of the molecule is COc1ccc(C2=NN(C(=O)CN3CCN(Cc4ccccc4)CC3)[C@@H](c3ccccc3OC)C2)c(OC)c1. The number of carbonyl (C=O) groups is 1. The lowest BCUT2D eigenvalue weighted by Gasteiger charge is -2.35. The third-order valence-electron chi connectivity index (χ3n) is 7.46. The number of rotatable bonds is 9. The summed E-state index contributed by atoms with van der Waals surface area (Å²) in [5.41, 5.74) is 3.90. The maximum atomic E-state index is 13.8. The van der Waals surface area contributed by atoms with Gasteiger partial charge in [-0.15, -0.1) is 0 Å². The lowest BCUT2D eigenvalue weighted by atomic mass is 9.97. The van der Waals surface area contributed by atoms with Crippen molar-refractivity contribution in [2.45, 2.75) is 19.0 Å². The highest BCUT2D eigenvalue weighted by molar-refractivity contribution is 6.05. The summed E-state index contributed by atoms with van der Waals surface area (Å²) < 4.78 is 16.7. The molecule has 1 fully saturated rings. The van der Waals surface area contributed by atoms with Crippen LogP contribution in [0.25, 0.3) is 0 Å². The zero-order valence-electron chi connectivity index (χ0n) is 22.9. The molecule has 0 unspecified atom stereocenters. The van der Waals surface area contributed by atoms with Crippen LogP contribution in [0.4, 0.5) is 0 Å². The van der Waals surface area contributed by atoms with Crippen LogP contribution in [0.1, 0.15) is 29.2 Å². The number of carbonyl (C=O) groups excluding carboxylic acids is 1. The standard InChI is InChI=1S/C31H36N4O4/c1-37-24-13-14-25(30(19-24)39-3)27-20-28(26-11-7-8-12-29(26)38-2)35(32-27)31(36)22-34-17-15-33(16-18-34)21-23-9-5-4-6-10-23/h4-14,19,28H,15-18,20-22H2,1-3H3/t28-/m1/s1. The third kappa shape index (κ3) is 6.08. The van der Waals surface area contributed by atoms with Gasteiger partial charge in [0.25, 0.3) is 5.91 Å². The van der Waals surface area contributed by atoms with Crippen LogP contribution in [0.3, 0.4) is 0 Å². The number of nitrogens with zero attached hydrogens (tertiary/aromatic N) is 4. The van der Waals surface area contributed by atoms with E-state index in [9.17, 15) is 4.79 Å². The molecule has 0 N–H and O–H groups in total. The molecule has 0 spiro atoms. The second-order valence-electron chi connectivity index (χ2n) is 9.85. The molecule has 3 aromatic carbocycles. The fraction of sp³-hybridized carbons (Fsp3) is 0.355. The molecule has 8 nitrogen and oxygen atoms in total. The molecule has 2 aliphatic rings. The van der Waals surface area contributed by atoms with Gasteiger partial charge >= 0.3 is 0 Å². The Balaban J connectivity index is 1.34. The van der Waals surface area contributed by atoms with E-state index in [1.165, 1.54) is 5.56 Å². The summed E-state index contributed by atoms with van der Waals surface area (Å²) in [6.07, 6.45) is 0.555. The van der Waals surface area contributed by atoms with Crippen LogP contribution < -0.4 is 14.2 Å². The van der Waals surface area contributed by atoms with Gasteiger partial charge in [0.2, 0.25) is 0 Å². The molecule has 0 radical (unpaired) electrons. The summed E-state index contributed by atoms with van der Waals surface area (Å²) in [4.78, 5) is 18.4. The molecule has 8 heteroatoms. The normalized spacial score (nSPS) is 18.1. The first kappa shape index (κ1) is 26.7. The van der Waals surface area contributed by atoms with Gasteiger partial charge in [0.05, 0.1) is 39.6 Å². The van der Waals surface area contributed by atoms with E-state index in [4.69, 9.17) is 19.3 Å². The average Bonchev–Trinajstić information content (AvgIpc) is 3.43. The molecule has 1 atom stereocenters. The van der Waals surface area contributed by atoms with Crippen LogP contribution in [0.15, 0.2) is 77.9 Å². The molecule has 1 saturated heterocycles. The third-order valence-corrected chi connectivity index (χ3v) is 7.46. The molecule has 5 rings (SSSR count). The Hall–Kier alpha value is -3.88. The number of hydrazone groups is 1. The minimum Gasteiger partial charge on any atom is -0.497 e. The summed E-state index contributed by atoms with van der Waals surface area (Å²) in [6, 6.07) is 23.8. The number of amides is 1. The van der Waals surface area contributed by atoms with E-state index in [0.717, 1.165) is 55.3 Å². The summed E-state index contributed by atoms with van der Waals surface area (Å²) in [5, 5.41) is 6.52. The van der Waals surface area contributed by atoms with Gasteiger partial charge in [-0.1, -0.05) is 48.5 Å². The number of piperazine rings is 1. The molecular formula is C31H36N4O4. The fourth-order valence-corrected chi connectivity index (χ4v) is 5.33. The lowest BCUT2D eigenvalue weighted by Crippen LogP contribution is -2.49. The molecule has 2 aliphatic heterocycles. The predicted octanol–water partition coefficient (Wildman–Crippen LogP) is 4.21. The van der Waals surface area contributed by atoms with Crippen molar-refractivity contribution in [2.24, 2.45) is 5.10 Å². The van der Waals surface area contributed by atoms with E-state index >= 15 is 0 Å². The minimum atomic E-state index is -0.269. The largest absolute Gasteiger partial charge is 0.497 e. The van der Waals surface area contributed by atoms with Crippen molar-refractivity contribution in [3.8, 4) is 17.2 Å². The highest BCUT2D eigenvalue weighted by atomic mass is 16.5. The number of methoxy groups -OCH3 is 3. The van der Waals surface area contributed by atoms with Gasteiger partial charge in [-0.3, -0.25) is 14.6 Å². The number of hydrogen-bond donors (Lipinski definition) is 0. The molecule has 204 valence electrons. The topological polar surface area (TPSA) is 66.8 Å². The number of benzene rings is 3. The Morgan fingerprint density at radius 1 is 0.821 bits per heavy atom.